The molecule has 0 amide bonds. The molecule has 120 valence electrons. The summed E-state index contributed by atoms with van der Waals surface area (Å²) in [7, 11) is 1.93. The zero-order chi connectivity index (χ0) is 16.0. The Morgan fingerprint density at radius 1 is 1.19 bits per heavy atom. The molecule has 0 heterocycles. The molecule has 0 bridgehead atoms. The van der Waals surface area contributed by atoms with Crippen molar-refractivity contribution in [3.63, 3.8) is 0 Å². The van der Waals surface area contributed by atoms with Crippen molar-refractivity contribution < 1.29 is 4.39 Å². The second kappa shape index (κ2) is 8.25. The smallest absolute Gasteiger partial charge is 0.128 e. The van der Waals surface area contributed by atoms with Crippen LogP contribution in [0.1, 0.15) is 52.1 Å². The number of halogens is 2. The summed E-state index contributed by atoms with van der Waals surface area (Å²) in [5, 5.41) is 3.38. The molecule has 1 atom stereocenters. The molecule has 0 saturated carbocycles. The van der Waals surface area contributed by atoms with Crippen molar-refractivity contribution in [3.8, 4) is 0 Å². The standard InChI is InChI=1S/C17H28BrFN2/c1-6-17(7-2,21(8-3)9-4)16(20-5)14-12-13(18)10-11-15(14)19/h10-12,16,20H,6-9H2,1-5H3. The topological polar surface area (TPSA) is 15.3 Å². The maximum absolute atomic E-state index is 14.4. The first-order valence-corrected chi connectivity index (χ1v) is 8.67. The fraction of sp³-hybridized carbons (Fsp3) is 0.647. The Morgan fingerprint density at radius 3 is 2.19 bits per heavy atom. The summed E-state index contributed by atoms with van der Waals surface area (Å²) in [6.07, 6.45) is 1.95. The summed E-state index contributed by atoms with van der Waals surface area (Å²) in [5.74, 6) is -0.143. The maximum atomic E-state index is 14.4. The van der Waals surface area contributed by atoms with Gasteiger partial charge in [-0.25, -0.2) is 4.39 Å². The molecule has 4 heteroatoms. The minimum atomic E-state index is -0.143. The van der Waals surface area contributed by atoms with E-state index in [2.05, 4.69) is 53.8 Å². The van der Waals surface area contributed by atoms with E-state index in [0.717, 1.165) is 36.0 Å². The fourth-order valence-corrected chi connectivity index (χ4v) is 3.97. The van der Waals surface area contributed by atoms with Crippen molar-refractivity contribution in [1.29, 1.82) is 0 Å². The van der Waals surface area contributed by atoms with Crippen LogP contribution in [0.4, 0.5) is 4.39 Å². The summed E-state index contributed by atoms with van der Waals surface area (Å²) >= 11 is 3.47. The van der Waals surface area contributed by atoms with Crippen LogP contribution in [0.15, 0.2) is 22.7 Å². The molecule has 0 aromatic heterocycles. The first-order valence-electron chi connectivity index (χ1n) is 7.87. The number of hydrogen-bond donors (Lipinski definition) is 1. The number of rotatable bonds is 8. The van der Waals surface area contributed by atoms with Crippen LogP contribution in [-0.2, 0) is 0 Å². The summed E-state index contributed by atoms with van der Waals surface area (Å²) in [6.45, 7) is 10.7. The van der Waals surface area contributed by atoms with Crippen molar-refractivity contribution in [3.05, 3.63) is 34.1 Å². The van der Waals surface area contributed by atoms with E-state index in [9.17, 15) is 4.39 Å². The Morgan fingerprint density at radius 2 is 1.76 bits per heavy atom. The molecule has 0 aliphatic rings. The molecule has 0 aliphatic heterocycles. The van der Waals surface area contributed by atoms with Gasteiger partial charge in [0.25, 0.3) is 0 Å². The zero-order valence-corrected chi connectivity index (χ0v) is 15.4. The Hall–Kier alpha value is -0.450. The highest BCUT2D eigenvalue weighted by atomic mass is 79.9. The number of likely N-dealkylation sites (N-methyl/N-ethyl adjacent to an activating group) is 2. The van der Waals surface area contributed by atoms with Crippen LogP contribution >= 0.6 is 15.9 Å². The molecule has 1 unspecified atom stereocenters. The van der Waals surface area contributed by atoms with Gasteiger partial charge in [0.05, 0.1) is 6.04 Å². The molecule has 0 saturated heterocycles. The Bertz CT molecular complexity index is 442. The molecule has 1 N–H and O–H groups in total. The normalized spacial score (nSPS) is 13.7. The van der Waals surface area contributed by atoms with E-state index in [1.165, 1.54) is 0 Å². The van der Waals surface area contributed by atoms with E-state index >= 15 is 0 Å². The molecule has 1 rings (SSSR count). The second-order valence-electron chi connectivity index (χ2n) is 5.37. The highest BCUT2D eigenvalue weighted by molar-refractivity contribution is 9.10. The average Bonchev–Trinajstić information content (AvgIpc) is 2.50. The third kappa shape index (κ3) is 3.66. The molecule has 1 aromatic carbocycles. The van der Waals surface area contributed by atoms with Crippen LogP contribution in [0, 0.1) is 5.82 Å². The number of hydrogen-bond acceptors (Lipinski definition) is 2. The van der Waals surface area contributed by atoms with Gasteiger partial charge in [-0.05, 0) is 51.2 Å². The monoisotopic (exact) mass is 358 g/mol. The van der Waals surface area contributed by atoms with Crippen LogP contribution in [0.2, 0.25) is 0 Å². The predicted molar refractivity (Wildman–Crippen MR) is 92.1 cm³/mol. The van der Waals surface area contributed by atoms with E-state index in [1.54, 1.807) is 12.1 Å². The maximum Gasteiger partial charge on any atom is 0.128 e. The van der Waals surface area contributed by atoms with Crippen LogP contribution in [0.25, 0.3) is 0 Å². The third-order valence-corrected chi connectivity index (χ3v) is 5.21. The lowest BCUT2D eigenvalue weighted by atomic mass is 9.79. The van der Waals surface area contributed by atoms with Gasteiger partial charge in [-0.1, -0.05) is 43.6 Å². The molecule has 0 radical (unpaired) electrons. The number of benzene rings is 1. The van der Waals surface area contributed by atoms with Crippen LogP contribution in [0.5, 0.6) is 0 Å². The summed E-state index contributed by atoms with van der Waals surface area (Å²) in [6, 6.07) is 5.16. The van der Waals surface area contributed by atoms with E-state index < -0.39 is 0 Å². The van der Waals surface area contributed by atoms with Crippen molar-refractivity contribution in [2.75, 3.05) is 20.1 Å². The fourth-order valence-electron chi connectivity index (χ4n) is 3.59. The van der Waals surface area contributed by atoms with Gasteiger partial charge in [0.2, 0.25) is 0 Å². The van der Waals surface area contributed by atoms with Gasteiger partial charge in [0, 0.05) is 15.6 Å². The highest BCUT2D eigenvalue weighted by Crippen LogP contribution is 2.38. The van der Waals surface area contributed by atoms with Gasteiger partial charge in [0.1, 0.15) is 5.82 Å². The van der Waals surface area contributed by atoms with E-state index in [4.69, 9.17) is 0 Å². The lowest BCUT2D eigenvalue weighted by Crippen LogP contribution is -2.55. The van der Waals surface area contributed by atoms with Gasteiger partial charge in [-0.3, -0.25) is 4.90 Å². The SMILES string of the molecule is CCN(CC)C(CC)(CC)C(NC)c1cc(Br)ccc1F. The summed E-state index contributed by atoms with van der Waals surface area (Å²) in [4.78, 5) is 2.45. The van der Waals surface area contributed by atoms with Gasteiger partial charge in [-0.2, -0.15) is 0 Å². The summed E-state index contributed by atoms with van der Waals surface area (Å²) < 4.78 is 15.3. The lowest BCUT2D eigenvalue weighted by Gasteiger charge is -2.48. The number of nitrogens with one attached hydrogen (secondary N) is 1. The third-order valence-electron chi connectivity index (χ3n) is 4.71. The zero-order valence-electron chi connectivity index (χ0n) is 13.8. The first kappa shape index (κ1) is 18.6. The van der Waals surface area contributed by atoms with Crippen molar-refractivity contribution in [2.45, 2.75) is 52.1 Å². The highest BCUT2D eigenvalue weighted by Gasteiger charge is 2.41. The van der Waals surface area contributed by atoms with Gasteiger partial charge >= 0.3 is 0 Å². The van der Waals surface area contributed by atoms with E-state index in [-0.39, 0.29) is 17.4 Å². The second-order valence-corrected chi connectivity index (χ2v) is 6.29. The Labute approximate surface area is 137 Å². The quantitative estimate of drug-likeness (QED) is 0.721. The molecule has 0 fully saturated rings. The van der Waals surface area contributed by atoms with Crippen molar-refractivity contribution in [2.24, 2.45) is 0 Å². The largest absolute Gasteiger partial charge is 0.311 e. The Kier molecular flexibility index (Phi) is 7.31. The molecule has 0 spiro atoms. The van der Waals surface area contributed by atoms with Gasteiger partial charge in [-0.15, -0.1) is 0 Å². The lowest BCUT2D eigenvalue weighted by molar-refractivity contribution is 0.0502. The van der Waals surface area contributed by atoms with E-state index in [0.29, 0.717) is 0 Å². The number of nitrogens with zero attached hydrogens (tertiary/aromatic N) is 1. The van der Waals surface area contributed by atoms with Gasteiger partial charge in [0.15, 0.2) is 0 Å². The van der Waals surface area contributed by atoms with Gasteiger partial charge < -0.3 is 5.32 Å². The predicted octanol–water partition coefficient (Wildman–Crippen LogP) is 4.75. The van der Waals surface area contributed by atoms with Crippen LogP contribution < -0.4 is 5.32 Å². The van der Waals surface area contributed by atoms with Crippen molar-refractivity contribution in [1.82, 2.24) is 10.2 Å². The minimum Gasteiger partial charge on any atom is -0.311 e. The van der Waals surface area contributed by atoms with Crippen LogP contribution in [-0.4, -0.2) is 30.6 Å². The molecular weight excluding hydrogens is 331 g/mol. The molecular formula is C17H28BrFN2. The molecule has 0 aliphatic carbocycles. The first-order chi connectivity index (χ1) is 10.00. The Balaban J connectivity index is 3.40. The average molecular weight is 359 g/mol. The molecule has 1 aromatic rings. The summed E-state index contributed by atoms with van der Waals surface area (Å²) in [5.41, 5.74) is 0.655. The minimum absolute atomic E-state index is 0.0371. The van der Waals surface area contributed by atoms with Crippen LogP contribution in [0.3, 0.4) is 0 Å². The van der Waals surface area contributed by atoms with Crippen molar-refractivity contribution >= 4 is 15.9 Å². The molecule has 21 heavy (non-hydrogen) atoms. The van der Waals surface area contributed by atoms with E-state index in [1.807, 2.05) is 13.1 Å². The molecule has 2 nitrogen and oxygen atoms in total.